The van der Waals surface area contributed by atoms with Crippen LogP contribution in [-0.2, 0) is 0 Å². The molecule has 4 rings (SSSR count). The Kier molecular flexibility index (Phi) is 2.60. The van der Waals surface area contributed by atoms with Crippen molar-refractivity contribution in [2.24, 2.45) is 0 Å². The van der Waals surface area contributed by atoms with Crippen molar-refractivity contribution < 1.29 is 0 Å². The quantitative estimate of drug-likeness (QED) is 0.729. The highest BCUT2D eigenvalue weighted by Gasteiger charge is 2.20. The van der Waals surface area contributed by atoms with Crippen molar-refractivity contribution in [3.8, 4) is 0 Å². The van der Waals surface area contributed by atoms with E-state index in [-0.39, 0.29) is 11.6 Å². The Bertz CT molecular complexity index is 827. The van der Waals surface area contributed by atoms with Gasteiger partial charge in [0, 0.05) is 23.7 Å². The van der Waals surface area contributed by atoms with E-state index in [9.17, 15) is 4.79 Å². The number of hydrogen-bond acceptors (Lipinski definition) is 3. The zero-order valence-electron chi connectivity index (χ0n) is 11.1. The maximum Gasteiger partial charge on any atom is 0.253 e. The van der Waals surface area contributed by atoms with Gasteiger partial charge in [0.1, 0.15) is 5.65 Å². The summed E-state index contributed by atoms with van der Waals surface area (Å²) >= 11 is 0. The first-order valence-corrected chi connectivity index (χ1v) is 7.04. The third-order valence-electron chi connectivity index (χ3n) is 4.08. The van der Waals surface area contributed by atoms with E-state index >= 15 is 0 Å². The second kappa shape index (κ2) is 4.45. The van der Waals surface area contributed by atoms with Gasteiger partial charge in [0.05, 0.1) is 5.52 Å². The zero-order valence-corrected chi connectivity index (χ0v) is 11.1. The van der Waals surface area contributed by atoms with Crippen LogP contribution >= 0.6 is 0 Å². The summed E-state index contributed by atoms with van der Waals surface area (Å²) in [7, 11) is 0. The summed E-state index contributed by atoms with van der Waals surface area (Å²) in [6.07, 6.45) is 3.73. The van der Waals surface area contributed by atoms with Gasteiger partial charge >= 0.3 is 0 Å². The molecule has 0 radical (unpaired) electrons. The van der Waals surface area contributed by atoms with Gasteiger partial charge in [-0.2, -0.15) is 5.10 Å². The Morgan fingerprint density at radius 1 is 1.15 bits per heavy atom. The minimum atomic E-state index is 0.0649. The first-order valence-electron chi connectivity index (χ1n) is 7.04. The molecule has 3 aromatic rings. The standard InChI is InChI=1S/C15H16N4O/c20-14-7-10-18-15(12-3-1-2-4-13(12)17-18)19(14)11-5-8-16-9-6-11/h1-4,7,10-11,16H,5-6,8-9H2. The van der Waals surface area contributed by atoms with E-state index in [1.807, 2.05) is 33.3 Å². The van der Waals surface area contributed by atoms with Gasteiger partial charge in [-0.25, -0.2) is 4.52 Å². The van der Waals surface area contributed by atoms with Crippen LogP contribution < -0.4 is 10.9 Å². The summed E-state index contributed by atoms with van der Waals surface area (Å²) in [5.74, 6) is 0. The first kappa shape index (κ1) is 11.7. The number of hydrogen-bond donors (Lipinski definition) is 1. The number of aromatic nitrogens is 3. The van der Waals surface area contributed by atoms with Gasteiger partial charge in [-0.3, -0.25) is 9.36 Å². The molecule has 5 nitrogen and oxygen atoms in total. The Hall–Kier alpha value is -2.14. The molecule has 20 heavy (non-hydrogen) atoms. The molecule has 0 saturated carbocycles. The van der Waals surface area contributed by atoms with Crippen molar-refractivity contribution in [1.29, 1.82) is 0 Å². The summed E-state index contributed by atoms with van der Waals surface area (Å²) in [5, 5.41) is 8.94. The Morgan fingerprint density at radius 2 is 1.95 bits per heavy atom. The van der Waals surface area contributed by atoms with E-state index < -0.39 is 0 Å². The molecule has 5 heteroatoms. The van der Waals surface area contributed by atoms with Crippen LogP contribution in [0.3, 0.4) is 0 Å². The number of fused-ring (bicyclic) bond motifs is 3. The van der Waals surface area contributed by atoms with Gasteiger partial charge in [-0.05, 0) is 38.1 Å². The van der Waals surface area contributed by atoms with Crippen LogP contribution in [0, 0.1) is 0 Å². The minimum absolute atomic E-state index is 0.0649. The van der Waals surface area contributed by atoms with Gasteiger partial charge in [0.2, 0.25) is 0 Å². The molecule has 0 bridgehead atoms. The van der Waals surface area contributed by atoms with Crippen molar-refractivity contribution in [3.05, 3.63) is 46.9 Å². The highest BCUT2D eigenvalue weighted by atomic mass is 16.1. The molecule has 1 aromatic carbocycles. The molecule has 1 aliphatic rings. The molecule has 1 fully saturated rings. The first-order chi connectivity index (χ1) is 9.84. The molecule has 3 heterocycles. The van der Waals surface area contributed by atoms with E-state index in [1.54, 1.807) is 12.3 Å². The molecule has 0 spiro atoms. The molecule has 1 aliphatic heterocycles. The second-order valence-electron chi connectivity index (χ2n) is 5.29. The maximum atomic E-state index is 12.4. The van der Waals surface area contributed by atoms with Crippen molar-refractivity contribution in [2.45, 2.75) is 18.9 Å². The van der Waals surface area contributed by atoms with Crippen molar-refractivity contribution in [3.63, 3.8) is 0 Å². The molecule has 1 N–H and O–H groups in total. The zero-order chi connectivity index (χ0) is 13.5. The van der Waals surface area contributed by atoms with Crippen LogP contribution in [0.5, 0.6) is 0 Å². The highest BCUT2D eigenvalue weighted by molar-refractivity contribution is 5.92. The molecule has 0 aliphatic carbocycles. The van der Waals surface area contributed by atoms with E-state index in [1.165, 1.54) is 0 Å². The number of benzene rings is 1. The normalized spacial score (nSPS) is 17.0. The fourth-order valence-electron chi connectivity index (χ4n) is 3.12. The van der Waals surface area contributed by atoms with Crippen LogP contribution in [0.4, 0.5) is 0 Å². The summed E-state index contributed by atoms with van der Waals surface area (Å²) < 4.78 is 3.75. The fraction of sp³-hybridized carbons (Fsp3) is 0.333. The van der Waals surface area contributed by atoms with Gasteiger partial charge in [-0.15, -0.1) is 0 Å². The lowest BCUT2D eigenvalue weighted by atomic mass is 10.1. The third-order valence-corrected chi connectivity index (χ3v) is 4.08. The number of nitrogens with one attached hydrogen (secondary N) is 1. The average Bonchev–Trinajstić information content (AvgIpc) is 2.87. The van der Waals surface area contributed by atoms with Crippen molar-refractivity contribution in [1.82, 2.24) is 19.5 Å². The summed E-state index contributed by atoms with van der Waals surface area (Å²) in [6, 6.07) is 9.86. The third kappa shape index (κ3) is 1.67. The minimum Gasteiger partial charge on any atom is -0.317 e. The topological polar surface area (TPSA) is 51.3 Å². The molecule has 0 amide bonds. The smallest absolute Gasteiger partial charge is 0.253 e. The van der Waals surface area contributed by atoms with Crippen LogP contribution in [-0.4, -0.2) is 27.3 Å². The second-order valence-corrected chi connectivity index (χ2v) is 5.29. The predicted octanol–water partition coefficient (Wildman–Crippen LogP) is 1.57. The molecular weight excluding hydrogens is 252 g/mol. The van der Waals surface area contributed by atoms with E-state index in [0.29, 0.717) is 0 Å². The molecule has 1 saturated heterocycles. The van der Waals surface area contributed by atoms with E-state index in [2.05, 4.69) is 10.4 Å². The van der Waals surface area contributed by atoms with E-state index in [0.717, 1.165) is 42.5 Å². The number of nitrogens with zero attached hydrogens (tertiary/aromatic N) is 3. The lowest BCUT2D eigenvalue weighted by molar-refractivity contribution is 0.366. The number of piperidine rings is 1. The van der Waals surface area contributed by atoms with E-state index in [4.69, 9.17) is 0 Å². The predicted molar refractivity (Wildman–Crippen MR) is 78.1 cm³/mol. The molecule has 0 atom stereocenters. The summed E-state index contributed by atoms with van der Waals surface area (Å²) in [4.78, 5) is 12.4. The van der Waals surface area contributed by atoms with Crippen LogP contribution in [0.2, 0.25) is 0 Å². The largest absolute Gasteiger partial charge is 0.317 e. The average molecular weight is 268 g/mol. The SMILES string of the molecule is O=c1ccn2nc3ccccc3c2n1C1CCNCC1. The summed E-state index contributed by atoms with van der Waals surface area (Å²) in [5.41, 5.74) is 1.91. The van der Waals surface area contributed by atoms with Crippen LogP contribution in [0.1, 0.15) is 18.9 Å². The lowest BCUT2D eigenvalue weighted by Crippen LogP contribution is -2.34. The summed E-state index contributed by atoms with van der Waals surface area (Å²) in [6.45, 7) is 1.93. The van der Waals surface area contributed by atoms with Crippen LogP contribution in [0.25, 0.3) is 16.6 Å². The fourth-order valence-corrected chi connectivity index (χ4v) is 3.12. The Labute approximate surface area is 115 Å². The Balaban J connectivity index is 2.06. The maximum absolute atomic E-state index is 12.4. The van der Waals surface area contributed by atoms with Crippen molar-refractivity contribution >= 4 is 16.6 Å². The van der Waals surface area contributed by atoms with Crippen molar-refractivity contribution in [2.75, 3.05) is 13.1 Å². The Morgan fingerprint density at radius 3 is 2.80 bits per heavy atom. The number of rotatable bonds is 1. The van der Waals surface area contributed by atoms with Gasteiger partial charge in [-0.1, -0.05) is 12.1 Å². The highest BCUT2D eigenvalue weighted by Crippen LogP contribution is 2.24. The molecule has 0 unspecified atom stereocenters. The molecular formula is C15H16N4O. The van der Waals surface area contributed by atoms with Gasteiger partial charge in [0.15, 0.2) is 0 Å². The van der Waals surface area contributed by atoms with Gasteiger partial charge in [0.25, 0.3) is 5.56 Å². The lowest BCUT2D eigenvalue weighted by Gasteiger charge is -2.25. The molecule has 102 valence electrons. The van der Waals surface area contributed by atoms with Crippen LogP contribution in [0.15, 0.2) is 41.3 Å². The monoisotopic (exact) mass is 268 g/mol. The molecule has 2 aromatic heterocycles. The van der Waals surface area contributed by atoms with Gasteiger partial charge < -0.3 is 5.32 Å².